The summed E-state index contributed by atoms with van der Waals surface area (Å²) in [5.41, 5.74) is 8.82. The zero-order valence-electron chi connectivity index (χ0n) is 51.2. The van der Waals surface area contributed by atoms with Gasteiger partial charge in [0.1, 0.15) is 23.7 Å². The van der Waals surface area contributed by atoms with E-state index in [1.165, 1.54) is 54.4 Å². The summed E-state index contributed by atoms with van der Waals surface area (Å²) >= 11 is -1.77. The van der Waals surface area contributed by atoms with Crippen molar-refractivity contribution in [3.63, 3.8) is 0 Å². The Morgan fingerprint density at radius 1 is 0.787 bits per heavy atom. The Bertz CT molecular complexity index is 2610. The number of aryl methyl sites for hydroxylation is 3. The summed E-state index contributed by atoms with van der Waals surface area (Å²) in [5.74, 6) is 2.42. The van der Waals surface area contributed by atoms with Gasteiger partial charge in [-0.1, -0.05) is 102 Å². The van der Waals surface area contributed by atoms with Crippen molar-refractivity contribution in [2.24, 2.45) is 0 Å². The molecule has 80 heavy (non-hydrogen) atoms. The van der Waals surface area contributed by atoms with Crippen LogP contribution in [-0.4, -0.2) is 90.6 Å². The molecule has 1 aliphatic carbocycles. The molecular formula is C65H95Cl2NO9RuSi2. The summed E-state index contributed by atoms with van der Waals surface area (Å²) < 4.78 is 42.4. The second-order valence-corrected chi connectivity index (χ2v) is 38.9. The van der Waals surface area contributed by atoms with Gasteiger partial charge in [0.2, 0.25) is 0 Å². The molecule has 0 spiro atoms. The molecule has 0 radical (unpaired) electrons. The Hall–Kier alpha value is -4.01. The van der Waals surface area contributed by atoms with Crippen LogP contribution < -0.4 is 19.1 Å². The fraction of sp³-hybridized carbons (Fsp3) is 0.492. The molecule has 10 nitrogen and oxygen atoms in total. The zero-order chi connectivity index (χ0) is 60.0. The number of hydrogen-bond acceptors (Lipinski definition) is 10. The number of ketones is 2. The van der Waals surface area contributed by atoms with Gasteiger partial charge < -0.3 is 32.7 Å². The van der Waals surface area contributed by atoms with Crippen LogP contribution in [0.3, 0.4) is 0 Å². The second-order valence-electron chi connectivity index (χ2n) is 23.7. The Morgan fingerprint density at radius 3 is 1.79 bits per heavy atom. The monoisotopic (exact) mass is 1260 g/mol. The summed E-state index contributed by atoms with van der Waals surface area (Å²) in [6, 6.07) is 27.9. The topological polar surface area (TPSA) is 102 Å². The van der Waals surface area contributed by atoms with E-state index in [2.05, 4.69) is 119 Å². The van der Waals surface area contributed by atoms with Crippen molar-refractivity contribution in [1.82, 2.24) is 0 Å². The van der Waals surface area contributed by atoms with Crippen molar-refractivity contribution in [2.45, 2.75) is 182 Å². The number of rotatable bonds is 21. The summed E-state index contributed by atoms with van der Waals surface area (Å²) in [4.78, 5) is 27.2. The van der Waals surface area contributed by atoms with Crippen LogP contribution in [0.5, 0.6) is 17.2 Å². The van der Waals surface area contributed by atoms with Gasteiger partial charge in [-0.3, -0.25) is 9.59 Å². The number of hydrogen-bond donors (Lipinski definition) is 0. The molecule has 15 heteroatoms. The van der Waals surface area contributed by atoms with Crippen molar-refractivity contribution in [3.05, 3.63) is 156 Å². The molecule has 1 saturated heterocycles. The molecule has 0 saturated carbocycles. The average Bonchev–Trinajstić information content (AvgIpc) is 3.92. The molecule has 6 rings (SSSR count). The number of halogens is 2. The maximum atomic E-state index is 12.4. The third-order valence-electron chi connectivity index (χ3n) is 14.7. The number of anilines is 1. The predicted octanol–water partition coefficient (Wildman–Crippen LogP) is 16.6. The fourth-order valence-corrected chi connectivity index (χ4v) is 12.6. The van der Waals surface area contributed by atoms with E-state index in [1.807, 2.05) is 97.3 Å². The molecule has 4 aromatic carbocycles. The van der Waals surface area contributed by atoms with Crippen molar-refractivity contribution in [1.29, 1.82) is 0 Å². The number of benzene rings is 4. The van der Waals surface area contributed by atoms with Crippen molar-refractivity contribution in [3.8, 4) is 17.2 Å². The van der Waals surface area contributed by atoms with Gasteiger partial charge in [0, 0.05) is 31.6 Å². The Morgan fingerprint density at radius 2 is 1.31 bits per heavy atom. The minimum Gasteiger partial charge on any atom is -0.497 e. The summed E-state index contributed by atoms with van der Waals surface area (Å²) in [5, 5.41) is 0.0915. The minimum atomic E-state index is -2.10. The molecule has 1 fully saturated rings. The van der Waals surface area contributed by atoms with E-state index in [9.17, 15) is 9.59 Å². The fourth-order valence-electron chi connectivity index (χ4n) is 8.28. The first-order valence-corrected chi connectivity index (χ1v) is 39.0. The average molecular weight is 1260 g/mol. The van der Waals surface area contributed by atoms with Gasteiger partial charge in [-0.05, 0) is 129 Å². The Kier molecular flexibility index (Phi) is 29.3. The number of carbonyl (C=O) groups excluding carboxylic acids is 2. The third kappa shape index (κ3) is 23.7. The van der Waals surface area contributed by atoms with E-state index < -0.39 is 42.4 Å². The van der Waals surface area contributed by atoms with Crippen LogP contribution in [0.25, 0.3) is 0 Å². The molecule has 0 unspecified atom stereocenters. The summed E-state index contributed by atoms with van der Waals surface area (Å²) in [6.07, 6.45) is 9.04. The van der Waals surface area contributed by atoms with E-state index in [-0.39, 0.29) is 40.0 Å². The number of ether oxygens (including phenoxy) is 5. The van der Waals surface area contributed by atoms with E-state index in [0.29, 0.717) is 26.1 Å². The zero-order valence-corrected chi connectivity index (χ0v) is 56.4. The number of para-hydroxylation sites is 1. The Balaban J connectivity index is 0.000000291. The van der Waals surface area contributed by atoms with E-state index >= 15 is 0 Å². The van der Waals surface area contributed by atoms with Gasteiger partial charge in [0.25, 0.3) is 0 Å². The maximum Gasteiger partial charge on any atom is 0.193 e. The molecule has 0 amide bonds. The van der Waals surface area contributed by atoms with Gasteiger partial charge in [-0.15, -0.1) is 6.58 Å². The third-order valence-corrected chi connectivity index (χ3v) is 25.5. The minimum absolute atomic E-state index is 0.0142. The van der Waals surface area contributed by atoms with Gasteiger partial charge in [0.05, 0.1) is 39.6 Å². The molecule has 2 aliphatic rings. The predicted molar refractivity (Wildman–Crippen MR) is 337 cm³/mol. The van der Waals surface area contributed by atoms with Crippen LogP contribution >= 0.6 is 19.4 Å². The standard InChI is InChI=1S/C22H34O4Si.C20H30O4Si.C13H19N.C10H12O.2ClH.Ru/c1-9-18(25-16-17-11-13-19(24-6)14-12-17)15-21(20(23)10-2)26-27(7,8)22(3,4)5;1-20(2,3)25(5,6)24-19-13-17(11-12-18(19)21)23-14-15-7-9-16(22-4)10-8-15;1-10-8-11(2)13(12(3)9-10)14-6-4-5-7-14;1-8(2)11-10-7-5-4-6-9(10)3;;;/h9-14,18,21H,1-2,15-16H2,3-8H3;7-12,17,19H,13-14H2,1-6H3;8-9H,4-7H2,1-3H3;3-8H,1-2H3;2*1H;/q;;;;;;+2/p-2/t18-,21+;17-,19+;;;;;/m11...../s1. The van der Waals surface area contributed by atoms with Gasteiger partial charge in [-0.2, -0.15) is 0 Å². The molecule has 444 valence electrons. The largest absolute Gasteiger partial charge is 0.497 e. The first-order valence-electron chi connectivity index (χ1n) is 27.7. The molecule has 1 heterocycles. The van der Waals surface area contributed by atoms with Crippen LogP contribution in [0.2, 0.25) is 36.3 Å². The molecule has 0 bridgehead atoms. The van der Waals surface area contributed by atoms with Crippen LogP contribution in [0.1, 0.15) is 114 Å². The molecule has 1 aliphatic heterocycles. The molecule has 0 aromatic heterocycles. The van der Waals surface area contributed by atoms with Crippen molar-refractivity contribution < 1.29 is 55.6 Å². The molecule has 4 aromatic rings. The molecule has 4 atom stereocenters. The van der Waals surface area contributed by atoms with Gasteiger partial charge in [0.15, 0.2) is 28.2 Å². The van der Waals surface area contributed by atoms with Crippen LogP contribution in [-0.2, 0) is 54.6 Å². The normalized spacial score (nSPS) is 16.4. The van der Waals surface area contributed by atoms with Gasteiger partial charge >= 0.3 is 97.8 Å². The van der Waals surface area contributed by atoms with E-state index in [1.54, 1.807) is 26.4 Å². The van der Waals surface area contributed by atoms with E-state index in [4.69, 9.17) is 51.9 Å². The van der Waals surface area contributed by atoms with Crippen LogP contribution in [0, 0.1) is 20.8 Å². The SMILES string of the molecule is C=CC(=O)[C@H](C[C@@H](C=C)OCc1ccc(OC)cc1)O[Si](C)(C)C(C)(C)C.CC(C)Oc1ccccc1[CH]=[Ru]([Cl])[Cl].COc1ccc(CO[C@@H]2C=CC(=O)[C@@H](O[Si](C)(C)C(C)(C)C)C2)cc1.Cc1cc(C)c(N2CCCC2)c(C)c1. The maximum absolute atomic E-state index is 12.4. The first kappa shape index (κ1) is 70.3. The molecular weight excluding hydrogens is 1170 g/mol. The molecule has 0 N–H and O–H groups in total. The summed E-state index contributed by atoms with van der Waals surface area (Å²) in [7, 11) is 10.8. The first-order chi connectivity index (χ1) is 37.4. The van der Waals surface area contributed by atoms with Crippen LogP contribution in [0.15, 0.2) is 122 Å². The smallest absolute Gasteiger partial charge is 0.193 e. The number of carbonyl (C=O) groups is 2. The summed E-state index contributed by atoms with van der Waals surface area (Å²) in [6.45, 7) is 43.1. The van der Waals surface area contributed by atoms with Crippen molar-refractivity contribution in [2.75, 3.05) is 32.2 Å². The van der Waals surface area contributed by atoms with E-state index in [0.717, 1.165) is 33.9 Å². The van der Waals surface area contributed by atoms with Gasteiger partial charge in [-0.25, -0.2) is 0 Å². The van der Waals surface area contributed by atoms with Crippen LogP contribution in [0.4, 0.5) is 5.69 Å². The second kappa shape index (κ2) is 33.3. The number of methoxy groups -OCH3 is 2. The quantitative estimate of drug-likeness (QED) is 0.0455. The van der Waals surface area contributed by atoms with Crippen molar-refractivity contribution >= 4 is 57.9 Å². The Labute approximate surface area is 497 Å². The number of nitrogens with zero attached hydrogens (tertiary/aromatic N) is 1.